The summed E-state index contributed by atoms with van der Waals surface area (Å²) in [6.45, 7) is 6.79. The Balaban J connectivity index is 0.00000264. The Hall–Kier alpha value is -0.773. The van der Waals surface area contributed by atoms with E-state index in [9.17, 15) is 4.79 Å². The van der Waals surface area contributed by atoms with Crippen LogP contribution >= 0.6 is 20.2 Å². The molecule has 5 heteroatoms. The van der Waals surface area contributed by atoms with Crippen LogP contribution in [0.15, 0.2) is 42.5 Å². The number of rotatable bonds is 6. The van der Waals surface area contributed by atoms with Gasteiger partial charge in [0.15, 0.2) is 5.52 Å². The van der Waals surface area contributed by atoms with E-state index in [0.29, 0.717) is 17.5 Å². The molecule has 0 aliphatic carbocycles. The molecule has 0 spiro atoms. The quantitative estimate of drug-likeness (QED) is 0.581. The molecule has 0 saturated carbocycles. The van der Waals surface area contributed by atoms with Gasteiger partial charge in [0.25, 0.3) is 0 Å². The van der Waals surface area contributed by atoms with Crippen LogP contribution in [-0.4, -0.2) is 31.0 Å². The van der Waals surface area contributed by atoms with E-state index in [0.717, 1.165) is 22.2 Å². The molecule has 23 heavy (non-hydrogen) atoms. The van der Waals surface area contributed by atoms with Crippen LogP contribution in [0.1, 0.15) is 29.8 Å². The van der Waals surface area contributed by atoms with Crippen molar-refractivity contribution in [2.45, 2.75) is 20.8 Å². The second kappa shape index (κ2) is 9.51. The van der Waals surface area contributed by atoms with Gasteiger partial charge in [-0.2, -0.15) is 0 Å². The Morgan fingerprint density at radius 1 is 1.22 bits per heavy atom. The molecule has 0 amide bonds. The van der Waals surface area contributed by atoms with Crippen molar-refractivity contribution in [1.29, 1.82) is 0 Å². The normalized spacial score (nSPS) is 10.8. The van der Waals surface area contributed by atoms with Gasteiger partial charge in [-0.15, -0.1) is 0 Å². The number of aryl methyl sites for hydroxylation is 1. The number of carbonyl (C=O) groups is 1. The fourth-order valence-corrected chi connectivity index (χ4v) is 3.30. The summed E-state index contributed by atoms with van der Waals surface area (Å²) >= 11 is 6.29. The summed E-state index contributed by atoms with van der Waals surface area (Å²) in [7, 11) is 0.0183. The third-order valence-corrected chi connectivity index (χ3v) is 4.83. The van der Waals surface area contributed by atoms with Crippen molar-refractivity contribution >= 4 is 49.9 Å². The molecule has 0 aliphatic rings. The molecule has 0 aromatic heterocycles. The van der Waals surface area contributed by atoms with Gasteiger partial charge in [0, 0.05) is 5.56 Å². The van der Waals surface area contributed by atoms with Gasteiger partial charge in [0.05, 0.1) is 11.6 Å². The number of hydrogen-bond acceptors (Lipinski definition) is 2. The van der Waals surface area contributed by atoms with Crippen molar-refractivity contribution in [3.8, 4) is 5.75 Å². The molecule has 2 aromatic carbocycles. The van der Waals surface area contributed by atoms with Crippen LogP contribution in [0.25, 0.3) is 0 Å². The van der Waals surface area contributed by atoms with Crippen molar-refractivity contribution in [1.82, 2.24) is 0 Å². The van der Waals surface area contributed by atoms with E-state index in [2.05, 4.69) is 13.8 Å². The molecule has 0 N–H and O–H groups in total. The SMILES string of the molecule is Cc1ccccc1C(=O)Pc1ccc(OCC(C)C)cc1Cl.[LiH]. The molecule has 118 valence electrons. The van der Waals surface area contributed by atoms with E-state index in [4.69, 9.17) is 16.3 Å². The minimum absolute atomic E-state index is 0. The molecule has 2 nitrogen and oxygen atoms in total. The minimum atomic E-state index is 0. The summed E-state index contributed by atoms with van der Waals surface area (Å²) in [4.78, 5) is 12.4. The first-order chi connectivity index (χ1) is 10.5. The molecule has 1 unspecified atom stereocenters. The number of hydrogen-bond donors (Lipinski definition) is 0. The second-order valence-electron chi connectivity index (χ2n) is 5.62. The Labute approximate surface area is 156 Å². The number of halogens is 1. The average Bonchev–Trinajstić information content (AvgIpc) is 2.48. The van der Waals surface area contributed by atoms with Crippen LogP contribution < -0.4 is 10.0 Å². The molecular formula is C18H21ClLiO2P. The molecule has 2 aromatic rings. The standard InChI is InChI=1S/C18H20ClO2P.Li.H/c1-12(2)11-21-14-8-9-17(16(19)10-14)22-18(20)15-7-5-4-6-13(15)3;;/h4-10,12,22H,11H2,1-3H3;;. The van der Waals surface area contributed by atoms with Crippen LogP contribution in [0.5, 0.6) is 5.75 Å². The first-order valence-corrected chi connectivity index (χ1v) is 8.64. The predicted octanol–water partition coefficient (Wildman–Crippen LogP) is 4.18. The molecule has 0 aliphatic heterocycles. The zero-order valence-electron chi connectivity index (χ0n) is 13.0. The van der Waals surface area contributed by atoms with Crippen LogP contribution in [-0.2, 0) is 0 Å². The van der Waals surface area contributed by atoms with E-state index in [1.807, 2.05) is 43.3 Å². The second-order valence-corrected chi connectivity index (χ2v) is 7.27. The Bertz CT molecular complexity index is 674. The molecule has 0 fully saturated rings. The first-order valence-electron chi connectivity index (χ1n) is 7.26. The van der Waals surface area contributed by atoms with Crippen molar-refractivity contribution in [3.05, 3.63) is 58.6 Å². The zero-order chi connectivity index (χ0) is 16.1. The fraction of sp³-hybridized carbons (Fsp3) is 0.278. The average molecular weight is 343 g/mol. The van der Waals surface area contributed by atoms with E-state index in [1.54, 1.807) is 6.07 Å². The predicted molar refractivity (Wildman–Crippen MR) is 102 cm³/mol. The van der Waals surface area contributed by atoms with Gasteiger partial charge in [-0.3, -0.25) is 4.79 Å². The third-order valence-electron chi connectivity index (χ3n) is 3.16. The van der Waals surface area contributed by atoms with E-state index >= 15 is 0 Å². The Morgan fingerprint density at radius 2 is 1.91 bits per heavy atom. The van der Waals surface area contributed by atoms with Gasteiger partial charge in [0.2, 0.25) is 0 Å². The van der Waals surface area contributed by atoms with Crippen LogP contribution in [0.3, 0.4) is 0 Å². The topological polar surface area (TPSA) is 26.3 Å². The molecule has 0 radical (unpaired) electrons. The zero-order valence-corrected chi connectivity index (χ0v) is 14.8. The van der Waals surface area contributed by atoms with Gasteiger partial charge >= 0.3 is 18.9 Å². The third kappa shape index (κ3) is 5.98. The van der Waals surface area contributed by atoms with Gasteiger partial charge in [-0.25, -0.2) is 0 Å². The van der Waals surface area contributed by atoms with Crippen LogP contribution in [0, 0.1) is 12.8 Å². The van der Waals surface area contributed by atoms with E-state index in [-0.39, 0.29) is 33.0 Å². The van der Waals surface area contributed by atoms with Crippen LogP contribution in [0.4, 0.5) is 0 Å². The van der Waals surface area contributed by atoms with Gasteiger partial charge in [-0.05, 0) is 50.5 Å². The summed E-state index contributed by atoms with van der Waals surface area (Å²) in [5.74, 6) is 1.21. The summed E-state index contributed by atoms with van der Waals surface area (Å²) in [6.07, 6.45) is 0. The molecule has 0 heterocycles. The number of benzene rings is 2. The molecule has 0 saturated heterocycles. The Kier molecular flexibility index (Phi) is 8.38. The van der Waals surface area contributed by atoms with Crippen molar-refractivity contribution < 1.29 is 9.53 Å². The van der Waals surface area contributed by atoms with Crippen molar-refractivity contribution in [2.75, 3.05) is 6.61 Å². The van der Waals surface area contributed by atoms with E-state index < -0.39 is 0 Å². The van der Waals surface area contributed by atoms with Crippen molar-refractivity contribution in [3.63, 3.8) is 0 Å². The van der Waals surface area contributed by atoms with Gasteiger partial charge in [-0.1, -0.05) is 49.7 Å². The van der Waals surface area contributed by atoms with Crippen LogP contribution in [0.2, 0.25) is 5.02 Å². The summed E-state index contributed by atoms with van der Waals surface area (Å²) in [5.41, 5.74) is 1.86. The maximum atomic E-state index is 12.4. The maximum absolute atomic E-state index is 12.4. The molecule has 0 bridgehead atoms. The summed E-state index contributed by atoms with van der Waals surface area (Å²) < 4.78 is 5.65. The van der Waals surface area contributed by atoms with Gasteiger partial charge in [0.1, 0.15) is 5.75 Å². The van der Waals surface area contributed by atoms with Gasteiger partial charge < -0.3 is 4.74 Å². The van der Waals surface area contributed by atoms with Crippen molar-refractivity contribution in [2.24, 2.45) is 5.92 Å². The molecular weight excluding hydrogens is 322 g/mol. The molecule has 2 rings (SSSR count). The fourth-order valence-electron chi connectivity index (χ4n) is 1.97. The molecule has 1 atom stereocenters. The first kappa shape index (κ1) is 20.3. The number of ether oxygens (including phenoxy) is 1. The summed E-state index contributed by atoms with van der Waals surface area (Å²) in [5, 5.41) is 1.44. The van der Waals surface area contributed by atoms with E-state index in [1.165, 1.54) is 0 Å². The Morgan fingerprint density at radius 3 is 2.52 bits per heavy atom. The summed E-state index contributed by atoms with van der Waals surface area (Å²) in [6, 6.07) is 13.2. The number of carbonyl (C=O) groups excluding carboxylic acids is 1. The monoisotopic (exact) mass is 342 g/mol.